The minimum absolute atomic E-state index is 0.180. The normalized spacial score (nSPS) is 11.5. The minimum Gasteiger partial charge on any atom is -0.278 e. The highest BCUT2D eigenvalue weighted by atomic mass is 32.1. The molecule has 4 heterocycles. The Balaban J connectivity index is 1.83. The van der Waals surface area contributed by atoms with E-state index in [1.54, 1.807) is 28.3 Å². The lowest BCUT2D eigenvalue weighted by molar-refractivity contribution is 0.720. The minimum atomic E-state index is -0.180. The number of fused-ring (bicyclic) bond motifs is 3. The maximum atomic E-state index is 13.3. The van der Waals surface area contributed by atoms with Crippen LogP contribution in [0.2, 0.25) is 0 Å². The van der Waals surface area contributed by atoms with E-state index in [9.17, 15) is 4.79 Å². The van der Waals surface area contributed by atoms with Gasteiger partial charge in [-0.2, -0.15) is 4.52 Å². The summed E-state index contributed by atoms with van der Waals surface area (Å²) in [5, 5.41) is 5.53. The van der Waals surface area contributed by atoms with Crippen molar-refractivity contribution in [1.82, 2.24) is 24.1 Å². The maximum Gasteiger partial charge on any atom is 0.352 e. The summed E-state index contributed by atoms with van der Waals surface area (Å²) in [5.41, 5.74) is 3.48. The summed E-state index contributed by atoms with van der Waals surface area (Å²) in [6.07, 6.45) is 3.40. The van der Waals surface area contributed by atoms with Crippen LogP contribution in [0.25, 0.3) is 27.3 Å². The van der Waals surface area contributed by atoms with Gasteiger partial charge in [-0.15, -0.1) is 16.4 Å². The van der Waals surface area contributed by atoms with Crippen molar-refractivity contribution in [3.8, 4) is 11.4 Å². The Morgan fingerprint density at radius 1 is 1.04 bits per heavy atom. The molecule has 0 aliphatic carbocycles. The molecule has 0 saturated carbocycles. The molecule has 0 fully saturated rings. The van der Waals surface area contributed by atoms with E-state index < -0.39 is 0 Å². The molecular weight excluding hydrogens is 370 g/mol. The van der Waals surface area contributed by atoms with Crippen LogP contribution in [0.15, 0.2) is 59.7 Å². The Labute approximate surface area is 164 Å². The van der Waals surface area contributed by atoms with E-state index in [4.69, 9.17) is 4.98 Å². The number of aromatic nitrogens is 5. The zero-order valence-corrected chi connectivity index (χ0v) is 16.3. The summed E-state index contributed by atoms with van der Waals surface area (Å²) < 4.78 is 3.23. The fourth-order valence-corrected chi connectivity index (χ4v) is 4.54. The first-order valence-electron chi connectivity index (χ1n) is 8.97. The third-order valence-electron chi connectivity index (χ3n) is 4.98. The Morgan fingerprint density at radius 2 is 1.79 bits per heavy atom. The number of nitrogens with zero attached hydrogens (tertiary/aromatic N) is 5. The molecule has 0 N–H and O–H groups in total. The number of rotatable bonds is 3. The van der Waals surface area contributed by atoms with Crippen molar-refractivity contribution < 1.29 is 0 Å². The Bertz CT molecular complexity index is 1370. The quantitative estimate of drug-likeness (QED) is 0.472. The van der Waals surface area contributed by atoms with Crippen LogP contribution < -0.4 is 5.69 Å². The van der Waals surface area contributed by atoms with Crippen molar-refractivity contribution in [2.24, 2.45) is 0 Å². The van der Waals surface area contributed by atoms with E-state index in [2.05, 4.69) is 23.9 Å². The number of thiophene rings is 1. The molecule has 0 saturated heterocycles. The van der Waals surface area contributed by atoms with E-state index in [0.29, 0.717) is 18.0 Å². The number of aryl methyl sites for hydroxylation is 2. The largest absolute Gasteiger partial charge is 0.352 e. The van der Waals surface area contributed by atoms with Crippen molar-refractivity contribution >= 4 is 27.2 Å². The van der Waals surface area contributed by atoms with Crippen molar-refractivity contribution in [1.29, 1.82) is 0 Å². The van der Waals surface area contributed by atoms with Crippen LogP contribution in [-0.4, -0.2) is 24.1 Å². The molecule has 4 aromatic heterocycles. The Morgan fingerprint density at radius 3 is 2.54 bits per heavy atom. The van der Waals surface area contributed by atoms with Crippen LogP contribution in [0.5, 0.6) is 0 Å². The number of hydrogen-bond acceptors (Lipinski definition) is 5. The highest BCUT2D eigenvalue weighted by Gasteiger charge is 2.20. The summed E-state index contributed by atoms with van der Waals surface area (Å²) in [5.74, 6) is 0.529. The molecule has 1 aromatic carbocycles. The van der Waals surface area contributed by atoms with Gasteiger partial charge in [-0.3, -0.25) is 9.55 Å². The fourth-order valence-electron chi connectivity index (χ4n) is 3.40. The van der Waals surface area contributed by atoms with Crippen molar-refractivity contribution in [2.45, 2.75) is 20.4 Å². The van der Waals surface area contributed by atoms with Gasteiger partial charge in [-0.05, 0) is 37.1 Å². The van der Waals surface area contributed by atoms with Crippen LogP contribution in [-0.2, 0) is 6.54 Å². The van der Waals surface area contributed by atoms with Crippen LogP contribution in [0, 0.1) is 13.8 Å². The highest BCUT2D eigenvalue weighted by Crippen LogP contribution is 2.32. The van der Waals surface area contributed by atoms with Crippen molar-refractivity contribution in [2.75, 3.05) is 0 Å². The van der Waals surface area contributed by atoms with Gasteiger partial charge in [0.05, 0.1) is 11.9 Å². The number of benzene rings is 1. The van der Waals surface area contributed by atoms with Crippen LogP contribution in [0.1, 0.15) is 16.0 Å². The first-order valence-corrected chi connectivity index (χ1v) is 9.78. The maximum absolute atomic E-state index is 13.3. The second kappa shape index (κ2) is 6.38. The standard InChI is InChI=1S/C21H17N5OS/c1-13-14(2)28-20-17(13)19-23-18(16-8-10-22-11-9-16)24-26(19)21(27)25(20)12-15-6-4-3-5-7-15/h3-11H,12H2,1-2H3. The number of hydrogen-bond donors (Lipinski definition) is 0. The predicted octanol–water partition coefficient (Wildman–Crippen LogP) is 3.83. The summed E-state index contributed by atoms with van der Waals surface area (Å²) in [7, 11) is 0. The average Bonchev–Trinajstić information content (AvgIpc) is 3.29. The van der Waals surface area contributed by atoms with Crippen molar-refractivity contribution in [3.05, 3.63) is 81.3 Å². The lowest BCUT2D eigenvalue weighted by atomic mass is 10.2. The summed E-state index contributed by atoms with van der Waals surface area (Å²) in [6, 6.07) is 13.7. The summed E-state index contributed by atoms with van der Waals surface area (Å²) >= 11 is 1.63. The molecule has 138 valence electrons. The fraction of sp³-hybridized carbons (Fsp3) is 0.143. The second-order valence-electron chi connectivity index (χ2n) is 6.72. The smallest absolute Gasteiger partial charge is 0.278 e. The van der Waals surface area contributed by atoms with Crippen LogP contribution in [0.3, 0.4) is 0 Å². The van der Waals surface area contributed by atoms with E-state index in [1.807, 2.05) is 42.5 Å². The first-order chi connectivity index (χ1) is 13.6. The average molecular weight is 387 g/mol. The molecule has 6 nitrogen and oxygen atoms in total. The molecule has 5 aromatic rings. The van der Waals surface area contributed by atoms with Crippen LogP contribution >= 0.6 is 11.3 Å². The molecule has 0 spiro atoms. The second-order valence-corrected chi connectivity index (χ2v) is 7.93. The highest BCUT2D eigenvalue weighted by molar-refractivity contribution is 7.19. The molecule has 0 bridgehead atoms. The van der Waals surface area contributed by atoms with E-state index in [-0.39, 0.29) is 5.69 Å². The van der Waals surface area contributed by atoms with Gasteiger partial charge in [-0.1, -0.05) is 30.3 Å². The molecule has 0 aliphatic heterocycles. The van der Waals surface area contributed by atoms with Gasteiger partial charge in [0.15, 0.2) is 11.5 Å². The topological polar surface area (TPSA) is 65.1 Å². The lowest BCUT2D eigenvalue weighted by Gasteiger charge is -2.08. The van der Waals surface area contributed by atoms with E-state index in [0.717, 1.165) is 26.9 Å². The molecule has 0 unspecified atom stereocenters. The van der Waals surface area contributed by atoms with E-state index >= 15 is 0 Å². The zero-order valence-electron chi connectivity index (χ0n) is 15.5. The van der Waals surface area contributed by atoms with Crippen molar-refractivity contribution in [3.63, 3.8) is 0 Å². The van der Waals surface area contributed by atoms with E-state index in [1.165, 1.54) is 9.39 Å². The predicted molar refractivity (Wildman–Crippen MR) is 111 cm³/mol. The molecule has 0 radical (unpaired) electrons. The SMILES string of the molecule is Cc1sc2c(c1C)c1nc(-c3ccncc3)nn1c(=O)n2Cc1ccccc1. The zero-order chi connectivity index (χ0) is 19.3. The lowest BCUT2D eigenvalue weighted by Crippen LogP contribution is -2.27. The molecule has 28 heavy (non-hydrogen) atoms. The summed E-state index contributed by atoms with van der Waals surface area (Å²) in [4.78, 5) is 24.2. The first kappa shape index (κ1) is 16.8. The third kappa shape index (κ3) is 2.55. The molecule has 7 heteroatoms. The Kier molecular flexibility index (Phi) is 3.84. The van der Waals surface area contributed by atoms with Crippen LogP contribution in [0.4, 0.5) is 0 Å². The molecule has 0 aliphatic rings. The number of pyridine rings is 1. The summed E-state index contributed by atoms with van der Waals surface area (Å²) in [6.45, 7) is 4.65. The van der Waals surface area contributed by atoms with Gasteiger partial charge in [0, 0.05) is 22.8 Å². The Hall–Kier alpha value is -3.32. The van der Waals surface area contributed by atoms with Gasteiger partial charge in [0.2, 0.25) is 0 Å². The van der Waals surface area contributed by atoms with Gasteiger partial charge in [0.1, 0.15) is 4.83 Å². The van der Waals surface area contributed by atoms with Gasteiger partial charge < -0.3 is 0 Å². The molecular formula is C21H17N5OS. The third-order valence-corrected chi connectivity index (χ3v) is 6.21. The van der Waals surface area contributed by atoms with Gasteiger partial charge in [0.25, 0.3) is 0 Å². The monoisotopic (exact) mass is 387 g/mol. The van der Waals surface area contributed by atoms with Gasteiger partial charge >= 0.3 is 5.69 Å². The molecule has 0 atom stereocenters. The molecule has 0 amide bonds. The molecule has 5 rings (SSSR count). The van der Waals surface area contributed by atoms with Gasteiger partial charge in [-0.25, -0.2) is 9.78 Å².